The molecule has 0 bridgehead atoms. The smallest absolute Gasteiger partial charge is 0.191 e. The van der Waals surface area contributed by atoms with Gasteiger partial charge < -0.3 is 15.5 Å². The molecule has 0 saturated heterocycles. The number of rotatable bonds is 9. The average Bonchev–Trinajstić information content (AvgIpc) is 2.93. The van der Waals surface area contributed by atoms with E-state index in [9.17, 15) is 0 Å². The summed E-state index contributed by atoms with van der Waals surface area (Å²) in [7, 11) is 4.02. The van der Waals surface area contributed by atoms with Crippen molar-refractivity contribution in [2.75, 3.05) is 32.1 Å². The van der Waals surface area contributed by atoms with E-state index >= 15 is 0 Å². The number of thiazole rings is 1. The zero-order valence-corrected chi connectivity index (χ0v) is 18.2. The molecule has 0 amide bonds. The molecule has 0 aliphatic heterocycles. The van der Waals surface area contributed by atoms with E-state index in [2.05, 4.69) is 46.8 Å². The molecular formula is C16H32IN5S. The molecule has 0 aliphatic rings. The zero-order valence-electron chi connectivity index (χ0n) is 15.1. The Hall–Kier alpha value is -0.570. The van der Waals surface area contributed by atoms with Gasteiger partial charge in [-0.3, -0.25) is 0 Å². The first-order valence-electron chi connectivity index (χ1n) is 8.16. The minimum atomic E-state index is 0. The lowest BCUT2D eigenvalue weighted by Crippen LogP contribution is -2.37. The molecule has 1 aromatic rings. The second kappa shape index (κ2) is 12.8. The Kier molecular flexibility index (Phi) is 12.5. The molecule has 23 heavy (non-hydrogen) atoms. The zero-order chi connectivity index (χ0) is 16.4. The van der Waals surface area contributed by atoms with Crippen LogP contribution in [0.2, 0.25) is 0 Å². The van der Waals surface area contributed by atoms with Crippen LogP contribution < -0.4 is 15.5 Å². The van der Waals surface area contributed by atoms with E-state index in [1.54, 1.807) is 11.3 Å². The Bertz CT molecular complexity index is 445. The van der Waals surface area contributed by atoms with Crippen molar-refractivity contribution in [1.29, 1.82) is 0 Å². The first-order valence-corrected chi connectivity index (χ1v) is 9.04. The summed E-state index contributed by atoms with van der Waals surface area (Å²) < 4.78 is 0. The van der Waals surface area contributed by atoms with E-state index in [0.717, 1.165) is 35.8 Å². The summed E-state index contributed by atoms with van der Waals surface area (Å²) in [5.41, 5.74) is 1.02. The number of halogens is 1. The fraction of sp³-hybridized carbons (Fsp3) is 0.750. The molecule has 0 aromatic carbocycles. The fourth-order valence-corrected chi connectivity index (χ4v) is 2.71. The van der Waals surface area contributed by atoms with Gasteiger partial charge in [0.2, 0.25) is 0 Å². The van der Waals surface area contributed by atoms with Crippen LogP contribution in [0.25, 0.3) is 0 Å². The maximum atomic E-state index is 4.61. The van der Waals surface area contributed by atoms with Crippen LogP contribution in [0.1, 0.15) is 45.7 Å². The number of unbranched alkanes of at least 4 members (excludes halogenated alkanes) is 1. The Morgan fingerprint density at radius 1 is 1.30 bits per heavy atom. The van der Waals surface area contributed by atoms with Crippen LogP contribution in [0.4, 0.5) is 5.13 Å². The first-order chi connectivity index (χ1) is 10.5. The van der Waals surface area contributed by atoms with Gasteiger partial charge in [-0.15, -0.1) is 35.3 Å². The van der Waals surface area contributed by atoms with E-state index in [4.69, 9.17) is 0 Å². The molecule has 7 heteroatoms. The highest BCUT2D eigenvalue weighted by Crippen LogP contribution is 2.18. The second-order valence-corrected chi connectivity index (χ2v) is 6.86. The van der Waals surface area contributed by atoms with Crippen LogP contribution in [0, 0.1) is 5.92 Å². The number of hydrogen-bond acceptors (Lipinski definition) is 4. The SMILES string of the molecule is CCNC(=NCc1csc(N(C)C)n1)NCCCCC(C)C.I. The highest BCUT2D eigenvalue weighted by atomic mass is 127. The van der Waals surface area contributed by atoms with Gasteiger partial charge in [0.25, 0.3) is 0 Å². The van der Waals surface area contributed by atoms with Crippen molar-refractivity contribution in [2.45, 2.75) is 46.6 Å². The molecule has 0 atom stereocenters. The van der Waals surface area contributed by atoms with Crippen molar-refractivity contribution < 1.29 is 0 Å². The minimum absolute atomic E-state index is 0. The molecule has 0 saturated carbocycles. The molecule has 0 aliphatic carbocycles. The average molecular weight is 453 g/mol. The van der Waals surface area contributed by atoms with Gasteiger partial charge in [0, 0.05) is 32.6 Å². The summed E-state index contributed by atoms with van der Waals surface area (Å²) in [6.45, 7) is 9.09. The van der Waals surface area contributed by atoms with Gasteiger partial charge in [0.1, 0.15) is 0 Å². The summed E-state index contributed by atoms with van der Waals surface area (Å²) in [4.78, 5) is 11.2. The van der Waals surface area contributed by atoms with Crippen molar-refractivity contribution >= 4 is 46.4 Å². The van der Waals surface area contributed by atoms with E-state index in [0.29, 0.717) is 6.54 Å². The van der Waals surface area contributed by atoms with Gasteiger partial charge in [-0.2, -0.15) is 0 Å². The van der Waals surface area contributed by atoms with Crippen molar-refractivity contribution in [2.24, 2.45) is 10.9 Å². The monoisotopic (exact) mass is 453 g/mol. The molecule has 0 unspecified atom stereocenters. The topological polar surface area (TPSA) is 52.6 Å². The molecule has 0 fully saturated rings. The largest absolute Gasteiger partial charge is 0.357 e. The lowest BCUT2D eigenvalue weighted by Gasteiger charge is -2.11. The van der Waals surface area contributed by atoms with Gasteiger partial charge >= 0.3 is 0 Å². The van der Waals surface area contributed by atoms with E-state index in [1.165, 1.54) is 19.3 Å². The number of nitrogens with one attached hydrogen (secondary N) is 2. The van der Waals surface area contributed by atoms with Crippen LogP contribution in [0.3, 0.4) is 0 Å². The quantitative estimate of drug-likeness (QED) is 0.259. The first kappa shape index (κ1) is 22.4. The Morgan fingerprint density at radius 2 is 2.04 bits per heavy atom. The molecule has 1 heterocycles. The summed E-state index contributed by atoms with van der Waals surface area (Å²) in [6, 6.07) is 0. The van der Waals surface area contributed by atoms with Gasteiger partial charge in [-0.1, -0.05) is 26.7 Å². The minimum Gasteiger partial charge on any atom is -0.357 e. The van der Waals surface area contributed by atoms with Crippen LogP contribution in [-0.2, 0) is 6.54 Å². The van der Waals surface area contributed by atoms with Crippen molar-refractivity contribution in [3.8, 4) is 0 Å². The lowest BCUT2D eigenvalue weighted by atomic mass is 10.1. The molecule has 0 radical (unpaired) electrons. The third-order valence-corrected chi connectivity index (χ3v) is 4.22. The lowest BCUT2D eigenvalue weighted by molar-refractivity contribution is 0.534. The molecule has 2 N–H and O–H groups in total. The predicted octanol–water partition coefficient (Wildman–Crippen LogP) is 3.71. The Labute approximate surface area is 162 Å². The number of anilines is 1. The van der Waals surface area contributed by atoms with E-state index in [1.807, 2.05) is 19.0 Å². The molecule has 1 rings (SSSR count). The highest BCUT2D eigenvalue weighted by molar-refractivity contribution is 14.0. The predicted molar refractivity (Wildman–Crippen MR) is 113 cm³/mol. The third kappa shape index (κ3) is 10.0. The molecule has 1 aromatic heterocycles. The summed E-state index contributed by atoms with van der Waals surface area (Å²) in [5.74, 6) is 1.67. The maximum absolute atomic E-state index is 4.61. The molecule has 0 spiro atoms. The number of guanidine groups is 1. The third-order valence-electron chi connectivity index (χ3n) is 3.17. The number of nitrogens with zero attached hydrogens (tertiary/aromatic N) is 3. The normalized spacial score (nSPS) is 11.3. The number of hydrogen-bond donors (Lipinski definition) is 2. The highest BCUT2D eigenvalue weighted by Gasteiger charge is 2.04. The number of aromatic nitrogens is 1. The van der Waals surface area contributed by atoms with E-state index < -0.39 is 0 Å². The summed E-state index contributed by atoms with van der Waals surface area (Å²) >= 11 is 1.65. The van der Waals surface area contributed by atoms with Gasteiger partial charge in [-0.05, 0) is 19.3 Å². The Morgan fingerprint density at radius 3 is 2.61 bits per heavy atom. The fourth-order valence-electron chi connectivity index (χ4n) is 1.96. The second-order valence-electron chi connectivity index (χ2n) is 6.03. The maximum Gasteiger partial charge on any atom is 0.191 e. The van der Waals surface area contributed by atoms with Gasteiger partial charge in [-0.25, -0.2) is 9.98 Å². The molecular weight excluding hydrogens is 421 g/mol. The standard InChI is InChI=1S/C16H31N5S.HI/c1-6-17-15(18-10-8-7-9-13(2)3)19-11-14-12-22-16(20-14)21(4)5;/h12-13H,6-11H2,1-5H3,(H2,17,18,19);1H. The van der Waals surface area contributed by atoms with Crippen LogP contribution >= 0.6 is 35.3 Å². The summed E-state index contributed by atoms with van der Waals surface area (Å²) in [5, 5.41) is 9.78. The van der Waals surface area contributed by atoms with Crippen LogP contribution in [0.5, 0.6) is 0 Å². The van der Waals surface area contributed by atoms with Crippen molar-refractivity contribution in [1.82, 2.24) is 15.6 Å². The molecule has 134 valence electrons. The molecule has 5 nitrogen and oxygen atoms in total. The van der Waals surface area contributed by atoms with Gasteiger partial charge in [0.05, 0.1) is 12.2 Å². The van der Waals surface area contributed by atoms with Crippen LogP contribution in [-0.4, -0.2) is 38.1 Å². The van der Waals surface area contributed by atoms with Crippen molar-refractivity contribution in [3.63, 3.8) is 0 Å². The Balaban J connectivity index is 0.00000484. The van der Waals surface area contributed by atoms with Gasteiger partial charge in [0.15, 0.2) is 11.1 Å². The number of aliphatic imine (C=N–C) groups is 1. The van der Waals surface area contributed by atoms with Crippen LogP contribution in [0.15, 0.2) is 10.4 Å². The summed E-state index contributed by atoms with van der Waals surface area (Å²) in [6.07, 6.45) is 3.74. The van der Waals surface area contributed by atoms with Crippen molar-refractivity contribution in [3.05, 3.63) is 11.1 Å². The van der Waals surface area contributed by atoms with E-state index in [-0.39, 0.29) is 24.0 Å².